The SMILES string of the molecule is CC(C)c1ccccc1NC(=O)CSc1nnc(Nc2ccccc2F)s1. The number of aromatic nitrogens is 2. The highest BCUT2D eigenvalue weighted by Crippen LogP contribution is 2.29. The Morgan fingerprint density at radius 2 is 1.81 bits per heavy atom. The summed E-state index contributed by atoms with van der Waals surface area (Å²) in [5, 5.41) is 14.3. The summed E-state index contributed by atoms with van der Waals surface area (Å²) in [5.74, 6) is 0.0853. The lowest BCUT2D eigenvalue weighted by Crippen LogP contribution is -2.15. The zero-order valence-electron chi connectivity index (χ0n) is 14.9. The molecule has 1 amide bonds. The van der Waals surface area contributed by atoms with Gasteiger partial charge in [0.1, 0.15) is 5.82 Å². The Bertz CT molecular complexity index is 929. The highest BCUT2D eigenvalue weighted by atomic mass is 32.2. The first kappa shape index (κ1) is 19.3. The number of amides is 1. The lowest BCUT2D eigenvalue weighted by molar-refractivity contribution is -0.113. The van der Waals surface area contributed by atoms with E-state index in [-0.39, 0.29) is 17.5 Å². The van der Waals surface area contributed by atoms with Gasteiger partial charge in [-0.05, 0) is 29.7 Å². The summed E-state index contributed by atoms with van der Waals surface area (Å²) in [4.78, 5) is 12.3. The predicted molar refractivity (Wildman–Crippen MR) is 109 cm³/mol. The number of hydrogen-bond acceptors (Lipinski definition) is 6. The number of nitrogens with one attached hydrogen (secondary N) is 2. The van der Waals surface area contributed by atoms with Gasteiger partial charge in [-0.2, -0.15) is 0 Å². The molecule has 0 fully saturated rings. The van der Waals surface area contributed by atoms with E-state index < -0.39 is 0 Å². The maximum atomic E-state index is 13.7. The van der Waals surface area contributed by atoms with E-state index in [1.165, 1.54) is 29.2 Å². The average molecular weight is 403 g/mol. The predicted octanol–water partition coefficient (Wildman–Crippen LogP) is 5.28. The van der Waals surface area contributed by atoms with Crippen LogP contribution in [-0.4, -0.2) is 21.9 Å². The smallest absolute Gasteiger partial charge is 0.234 e. The van der Waals surface area contributed by atoms with Crippen LogP contribution >= 0.6 is 23.1 Å². The molecule has 8 heteroatoms. The fourth-order valence-electron chi connectivity index (χ4n) is 2.42. The molecular formula is C19H19FN4OS2. The summed E-state index contributed by atoms with van der Waals surface area (Å²) in [6.07, 6.45) is 0. The van der Waals surface area contributed by atoms with E-state index >= 15 is 0 Å². The van der Waals surface area contributed by atoms with Crippen LogP contribution in [0.5, 0.6) is 0 Å². The first-order chi connectivity index (χ1) is 13.0. The molecule has 2 N–H and O–H groups in total. The van der Waals surface area contributed by atoms with E-state index in [1.807, 2.05) is 24.3 Å². The Kier molecular flexibility index (Phi) is 6.41. The number of halogens is 1. The molecule has 0 radical (unpaired) electrons. The lowest BCUT2D eigenvalue weighted by atomic mass is 10.0. The van der Waals surface area contributed by atoms with Gasteiger partial charge in [-0.25, -0.2) is 4.39 Å². The number of anilines is 3. The van der Waals surface area contributed by atoms with Crippen molar-refractivity contribution in [1.29, 1.82) is 0 Å². The normalized spacial score (nSPS) is 10.8. The number of hydrogen-bond donors (Lipinski definition) is 2. The van der Waals surface area contributed by atoms with Crippen LogP contribution in [0.1, 0.15) is 25.3 Å². The highest BCUT2D eigenvalue weighted by Gasteiger charge is 2.12. The third kappa shape index (κ3) is 5.27. The molecule has 0 saturated heterocycles. The topological polar surface area (TPSA) is 66.9 Å². The van der Waals surface area contributed by atoms with E-state index in [0.29, 0.717) is 21.1 Å². The van der Waals surface area contributed by atoms with Crippen molar-refractivity contribution in [3.05, 3.63) is 59.9 Å². The number of nitrogens with zero attached hydrogens (tertiary/aromatic N) is 2. The zero-order valence-corrected chi connectivity index (χ0v) is 16.5. The van der Waals surface area contributed by atoms with E-state index in [4.69, 9.17) is 0 Å². The molecule has 0 spiro atoms. The van der Waals surface area contributed by atoms with Crippen LogP contribution in [0, 0.1) is 5.82 Å². The molecule has 0 unspecified atom stereocenters. The Labute approximate surface area is 165 Å². The summed E-state index contributed by atoms with van der Waals surface area (Å²) in [7, 11) is 0. The Morgan fingerprint density at radius 1 is 1.11 bits per heavy atom. The van der Waals surface area contributed by atoms with Gasteiger partial charge in [-0.15, -0.1) is 10.2 Å². The molecule has 1 aromatic heterocycles. The first-order valence-corrected chi connectivity index (χ1v) is 10.2. The third-order valence-corrected chi connectivity index (χ3v) is 5.68. The van der Waals surface area contributed by atoms with E-state index in [0.717, 1.165) is 11.3 Å². The Hall–Kier alpha value is -2.45. The summed E-state index contributed by atoms with van der Waals surface area (Å²) in [6, 6.07) is 14.1. The van der Waals surface area contributed by atoms with Gasteiger partial charge >= 0.3 is 0 Å². The summed E-state index contributed by atoms with van der Waals surface area (Å²) in [6.45, 7) is 4.18. The second-order valence-electron chi connectivity index (χ2n) is 6.06. The second kappa shape index (κ2) is 8.96. The van der Waals surface area contributed by atoms with Crippen LogP contribution < -0.4 is 10.6 Å². The molecular weight excluding hydrogens is 383 g/mol. The van der Waals surface area contributed by atoms with Crippen LogP contribution in [-0.2, 0) is 4.79 Å². The number of rotatable bonds is 7. The molecule has 27 heavy (non-hydrogen) atoms. The molecule has 3 aromatic rings. The average Bonchev–Trinajstić information content (AvgIpc) is 3.10. The highest BCUT2D eigenvalue weighted by molar-refractivity contribution is 8.01. The zero-order chi connectivity index (χ0) is 19.2. The summed E-state index contributed by atoms with van der Waals surface area (Å²) in [5.41, 5.74) is 2.27. The molecule has 0 atom stereocenters. The molecule has 0 aliphatic rings. The van der Waals surface area contributed by atoms with Crippen molar-refractivity contribution in [3.8, 4) is 0 Å². The first-order valence-electron chi connectivity index (χ1n) is 8.39. The maximum absolute atomic E-state index is 13.7. The van der Waals surface area contributed by atoms with Crippen molar-refractivity contribution >= 4 is 45.5 Å². The quantitative estimate of drug-likeness (QED) is 0.527. The van der Waals surface area contributed by atoms with E-state index in [1.54, 1.807) is 18.2 Å². The largest absolute Gasteiger partial charge is 0.328 e. The van der Waals surface area contributed by atoms with Gasteiger partial charge in [-0.1, -0.05) is 67.3 Å². The van der Waals surface area contributed by atoms with Gasteiger partial charge in [-0.3, -0.25) is 4.79 Å². The van der Waals surface area contributed by atoms with Crippen LogP contribution in [0.3, 0.4) is 0 Å². The van der Waals surface area contributed by atoms with Crippen LogP contribution in [0.4, 0.5) is 20.9 Å². The molecule has 1 heterocycles. The van der Waals surface area contributed by atoms with Crippen LogP contribution in [0.15, 0.2) is 52.9 Å². The van der Waals surface area contributed by atoms with Crippen molar-refractivity contribution in [2.24, 2.45) is 0 Å². The van der Waals surface area contributed by atoms with E-state index in [2.05, 4.69) is 34.7 Å². The monoisotopic (exact) mass is 402 g/mol. The minimum atomic E-state index is -0.356. The number of carbonyl (C=O) groups is 1. The minimum absolute atomic E-state index is 0.105. The molecule has 140 valence electrons. The van der Waals surface area contributed by atoms with Crippen molar-refractivity contribution < 1.29 is 9.18 Å². The number of para-hydroxylation sites is 2. The van der Waals surface area contributed by atoms with Gasteiger partial charge in [0.25, 0.3) is 0 Å². The van der Waals surface area contributed by atoms with Gasteiger partial charge in [0.05, 0.1) is 11.4 Å². The van der Waals surface area contributed by atoms with Gasteiger partial charge in [0.15, 0.2) is 4.34 Å². The second-order valence-corrected chi connectivity index (χ2v) is 8.26. The van der Waals surface area contributed by atoms with Crippen molar-refractivity contribution in [1.82, 2.24) is 10.2 Å². The molecule has 0 bridgehead atoms. The summed E-state index contributed by atoms with van der Waals surface area (Å²) < 4.78 is 14.3. The van der Waals surface area contributed by atoms with E-state index in [9.17, 15) is 9.18 Å². The van der Waals surface area contributed by atoms with Gasteiger partial charge in [0.2, 0.25) is 11.0 Å². The Balaban J connectivity index is 1.56. The van der Waals surface area contributed by atoms with Crippen molar-refractivity contribution in [3.63, 3.8) is 0 Å². The molecule has 3 rings (SSSR count). The fourth-order valence-corrected chi connectivity index (χ4v) is 3.99. The van der Waals surface area contributed by atoms with Crippen LogP contribution in [0.25, 0.3) is 0 Å². The van der Waals surface area contributed by atoms with Crippen molar-refractivity contribution in [2.45, 2.75) is 24.1 Å². The number of benzene rings is 2. The third-order valence-electron chi connectivity index (χ3n) is 3.71. The minimum Gasteiger partial charge on any atom is -0.328 e. The standard InChI is InChI=1S/C19H19FN4OS2/c1-12(2)13-7-3-5-9-15(13)21-17(25)11-26-19-24-23-18(27-19)22-16-10-6-4-8-14(16)20/h3-10,12H,11H2,1-2H3,(H,21,25)(H,22,23). The number of carbonyl (C=O) groups excluding carboxylic acids is 1. The molecule has 5 nitrogen and oxygen atoms in total. The fraction of sp³-hybridized carbons (Fsp3) is 0.211. The molecule has 2 aromatic carbocycles. The molecule has 0 saturated carbocycles. The maximum Gasteiger partial charge on any atom is 0.234 e. The molecule has 0 aliphatic carbocycles. The molecule has 0 aliphatic heterocycles. The lowest BCUT2D eigenvalue weighted by Gasteiger charge is -2.13. The Morgan fingerprint density at radius 3 is 2.56 bits per heavy atom. The van der Waals surface area contributed by atoms with Crippen molar-refractivity contribution in [2.75, 3.05) is 16.4 Å². The van der Waals surface area contributed by atoms with Gasteiger partial charge < -0.3 is 10.6 Å². The van der Waals surface area contributed by atoms with Gasteiger partial charge in [0, 0.05) is 5.69 Å². The van der Waals surface area contributed by atoms with Crippen LogP contribution in [0.2, 0.25) is 0 Å². The summed E-state index contributed by atoms with van der Waals surface area (Å²) >= 11 is 2.57. The number of thioether (sulfide) groups is 1.